The molecule has 0 unspecified atom stereocenters. The minimum atomic E-state index is -4.10. The van der Waals surface area contributed by atoms with Crippen LogP contribution < -0.4 is 5.32 Å². The van der Waals surface area contributed by atoms with Crippen LogP contribution in [-0.2, 0) is 38.9 Å². The van der Waals surface area contributed by atoms with E-state index in [0.717, 1.165) is 28.2 Å². The Hall–Kier alpha value is -3.22. The number of esters is 2. The molecule has 1 saturated heterocycles. The van der Waals surface area contributed by atoms with E-state index in [1.807, 2.05) is 0 Å². The highest BCUT2D eigenvalue weighted by Crippen LogP contribution is 2.31. The molecule has 0 aliphatic carbocycles. The number of aryl methyl sites for hydroxylation is 1. The molecule has 1 aliphatic heterocycles. The number of rotatable bonds is 6. The van der Waals surface area contributed by atoms with Gasteiger partial charge in [0.2, 0.25) is 19.9 Å². The Labute approximate surface area is 198 Å². The lowest BCUT2D eigenvalue weighted by Gasteiger charge is -2.29. The Balaban J connectivity index is 2.14. The average molecular weight is 509 g/mol. The van der Waals surface area contributed by atoms with Gasteiger partial charge in [0.05, 0.1) is 20.4 Å². The molecule has 0 radical (unpaired) electrons. The standard InChI is InChI=1S/C22H24N2O8S2/c1-14-6-8-15(9-7-14)33(27,28)19-11-10-16(34(29,30)24(4)5)12-18(19)23-13-17-20(25)31-22(2,3)32-21(17)26/h6-13,23H,1-5H3. The molecule has 1 fully saturated rings. The summed E-state index contributed by atoms with van der Waals surface area (Å²) in [5.41, 5.74) is 0.173. The molecular weight excluding hydrogens is 484 g/mol. The molecule has 0 amide bonds. The summed E-state index contributed by atoms with van der Waals surface area (Å²) >= 11 is 0. The number of nitrogens with one attached hydrogen (secondary N) is 1. The van der Waals surface area contributed by atoms with Crippen LogP contribution in [0.5, 0.6) is 0 Å². The predicted molar refractivity (Wildman–Crippen MR) is 122 cm³/mol. The summed E-state index contributed by atoms with van der Waals surface area (Å²) in [6.07, 6.45) is 0.926. The fourth-order valence-electron chi connectivity index (χ4n) is 3.00. The lowest BCUT2D eigenvalue weighted by atomic mass is 10.2. The molecule has 1 heterocycles. The summed E-state index contributed by atoms with van der Waals surface area (Å²) in [5.74, 6) is -3.41. The van der Waals surface area contributed by atoms with Crippen LogP contribution in [0.4, 0.5) is 5.69 Å². The Morgan fingerprint density at radius 2 is 1.41 bits per heavy atom. The highest BCUT2D eigenvalue weighted by molar-refractivity contribution is 7.91. The number of anilines is 1. The van der Waals surface area contributed by atoms with Gasteiger partial charge in [-0.3, -0.25) is 0 Å². The lowest BCUT2D eigenvalue weighted by molar-refractivity contribution is -0.222. The van der Waals surface area contributed by atoms with E-state index < -0.39 is 43.2 Å². The van der Waals surface area contributed by atoms with Gasteiger partial charge in [-0.15, -0.1) is 0 Å². The number of benzene rings is 2. The molecule has 0 spiro atoms. The van der Waals surface area contributed by atoms with Gasteiger partial charge in [-0.05, 0) is 37.3 Å². The zero-order chi connectivity index (χ0) is 25.5. The summed E-state index contributed by atoms with van der Waals surface area (Å²) in [4.78, 5) is 24.0. The van der Waals surface area contributed by atoms with Crippen molar-refractivity contribution < 1.29 is 35.9 Å². The third-order valence-corrected chi connectivity index (χ3v) is 8.48. The van der Waals surface area contributed by atoms with Crippen molar-refractivity contribution in [2.75, 3.05) is 19.4 Å². The summed E-state index contributed by atoms with van der Waals surface area (Å²) < 4.78 is 62.9. The lowest BCUT2D eigenvalue weighted by Crippen LogP contribution is -2.42. The first-order valence-corrected chi connectivity index (χ1v) is 12.9. The van der Waals surface area contributed by atoms with E-state index in [2.05, 4.69) is 5.32 Å². The van der Waals surface area contributed by atoms with E-state index in [4.69, 9.17) is 9.47 Å². The maximum Gasteiger partial charge on any atom is 0.350 e. The number of cyclic esters (lactones) is 2. The second-order valence-corrected chi connectivity index (χ2v) is 12.2. The molecule has 34 heavy (non-hydrogen) atoms. The van der Waals surface area contributed by atoms with E-state index in [0.29, 0.717) is 0 Å². The first kappa shape index (κ1) is 25.4. The number of nitrogens with zero attached hydrogens (tertiary/aromatic N) is 1. The molecular formula is C22H24N2O8S2. The molecule has 10 nitrogen and oxygen atoms in total. The molecule has 0 saturated carbocycles. The van der Waals surface area contributed by atoms with Crippen molar-refractivity contribution in [1.82, 2.24) is 4.31 Å². The van der Waals surface area contributed by atoms with E-state index in [1.165, 1.54) is 46.1 Å². The minimum Gasteiger partial charge on any atom is -0.419 e. The average Bonchev–Trinajstić information content (AvgIpc) is 2.72. The van der Waals surface area contributed by atoms with Crippen LogP contribution in [-0.4, -0.2) is 53.0 Å². The summed E-state index contributed by atoms with van der Waals surface area (Å²) in [5, 5.41) is 2.58. The van der Waals surface area contributed by atoms with Crippen molar-refractivity contribution in [3.63, 3.8) is 0 Å². The summed E-state index contributed by atoms with van der Waals surface area (Å²) in [6, 6.07) is 9.53. The van der Waals surface area contributed by atoms with Crippen LogP contribution in [0.15, 0.2) is 68.9 Å². The third-order valence-electron chi connectivity index (χ3n) is 4.84. The number of hydrogen-bond donors (Lipinski definition) is 1. The summed E-state index contributed by atoms with van der Waals surface area (Å²) in [7, 11) is -5.36. The molecule has 0 aromatic heterocycles. The van der Waals surface area contributed by atoms with Crippen molar-refractivity contribution in [3.05, 3.63) is 59.8 Å². The molecule has 0 bridgehead atoms. The second kappa shape index (κ2) is 8.85. The molecule has 182 valence electrons. The van der Waals surface area contributed by atoms with E-state index in [-0.39, 0.29) is 20.4 Å². The van der Waals surface area contributed by atoms with Gasteiger partial charge in [-0.2, -0.15) is 0 Å². The van der Waals surface area contributed by atoms with Crippen LogP contribution >= 0.6 is 0 Å². The zero-order valence-electron chi connectivity index (χ0n) is 19.1. The molecule has 2 aromatic carbocycles. The van der Waals surface area contributed by atoms with Gasteiger partial charge in [0, 0.05) is 34.1 Å². The number of carbonyl (C=O) groups is 2. The monoisotopic (exact) mass is 508 g/mol. The van der Waals surface area contributed by atoms with Crippen LogP contribution in [0.1, 0.15) is 19.4 Å². The van der Waals surface area contributed by atoms with Crippen LogP contribution in [0.25, 0.3) is 0 Å². The molecule has 2 aromatic rings. The maximum atomic E-state index is 13.3. The zero-order valence-corrected chi connectivity index (χ0v) is 20.8. The van der Waals surface area contributed by atoms with Crippen molar-refractivity contribution in [2.24, 2.45) is 0 Å². The largest absolute Gasteiger partial charge is 0.419 e. The number of ether oxygens (including phenoxy) is 2. The smallest absolute Gasteiger partial charge is 0.350 e. The molecule has 3 rings (SSSR count). The van der Waals surface area contributed by atoms with E-state index in [1.54, 1.807) is 19.1 Å². The highest BCUT2D eigenvalue weighted by atomic mass is 32.2. The number of carbonyl (C=O) groups excluding carboxylic acids is 2. The molecule has 12 heteroatoms. The van der Waals surface area contributed by atoms with Crippen LogP contribution in [0, 0.1) is 6.92 Å². The Morgan fingerprint density at radius 1 is 0.882 bits per heavy atom. The van der Waals surface area contributed by atoms with Gasteiger partial charge in [0.15, 0.2) is 5.57 Å². The highest BCUT2D eigenvalue weighted by Gasteiger charge is 2.39. The number of hydrogen-bond acceptors (Lipinski definition) is 9. The van der Waals surface area contributed by atoms with Gasteiger partial charge in [0.1, 0.15) is 0 Å². The van der Waals surface area contributed by atoms with E-state index in [9.17, 15) is 26.4 Å². The minimum absolute atomic E-state index is 0.0183. The topological polar surface area (TPSA) is 136 Å². The third kappa shape index (κ3) is 4.98. The maximum absolute atomic E-state index is 13.3. The quantitative estimate of drug-likeness (QED) is 0.354. The van der Waals surface area contributed by atoms with Crippen LogP contribution in [0.2, 0.25) is 0 Å². The Bertz CT molecular complexity index is 1370. The number of sulfone groups is 1. The fourth-order valence-corrected chi connectivity index (χ4v) is 5.33. The van der Waals surface area contributed by atoms with Gasteiger partial charge in [0.25, 0.3) is 5.79 Å². The van der Waals surface area contributed by atoms with Crippen molar-refractivity contribution in [3.8, 4) is 0 Å². The van der Waals surface area contributed by atoms with Gasteiger partial charge in [-0.1, -0.05) is 17.7 Å². The Kier molecular flexibility index (Phi) is 6.62. The molecule has 1 N–H and O–H groups in total. The normalized spacial score (nSPS) is 16.1. The fraction of sp³-hybridized carbons (Fsp3) is 0.273. The second-order valence-electron chi connectivity index (χ2n) is 8.14. The first-order valence-electron chi connectivity index (χ1n) is 9.97. The van der Waals surface area contributed by atoms with Crippen molar-refractivity contribution >= 4 is 37.5 Å². The van der Waals surface area contributed by atoms with Gasteiger partial charge in [-0.25, -0.2) is 30.7 Å². The predicted octanol–water partition coefficient (Wildman–Crippen LogP) is 2.21. The van der Waals surface area contributed by atoms with Crippen molar-refractivity contribution in [1.29, 1.82) is 0 Å². The van der Waals surface area contributed by atoms with E-state index >= 15 is 0 Å². The molecule has 0 atom stereocenters. The van der Waals surface area contributed by atoms with Crippen LogP contribution in [0.3, 0.4) is 0 Å². The van der Waals surface area contributed by atoms with Crippen molar-refractivity contribution in [2.45, 2.75) is 41.2 Å². The van der Waals surface area contributed by atoms with Gasteiger partial charge >= 0.3 is 11.9 Å². The number of sulfonamides is 1. The van der Waals surface area contributed by atoms with Gasteiger partial charge < -0.3 is 14.8 Å². The molecule has 1 aliphatic rings. The summed E-state index contributed by atoms with van der Waals surface area (Å²) in [6.45, 7) is 4.57. The Morgan fingerprint density at radius 3 is 1.94 bits per heavy atom. The SMILES string of the molecule is Cc1ccc(S(=O)(=O)c2ccc(S(=O)(=O)N(C)C)cc2NC=C2C(=O)OC(C)(C)OC2=O)cc1. The first-order chi connectivity index (χ1) is 15.6.